The van der Waals surface area contributed by atoms with Crippen molar-refractivity contribution in [1.82, 2.24) is 0 Å². The van der Waals surface area contributed by atoms with Crippen molar-refractivity contribution in [3.63, 3.8) is 0 Å². The molecule has 3 aliphatic carbocycles. The maximum atomic E-state index is 4.24. The molecule has 3 aromatic carbocycles. The molecule has 0 radical (unpaired) electrons. The Morgan fingerprint density at radius 2 is 0.840 bits per heavy atom. The van der Waals surface area contributed by atoms with Crippen molar-refractivity contribution in [1.29, 1.82) is 0 Å². The summed E-state index contributed by atoms with van der Waals surface area (Å²) in [6.07, 6.45) is 0. The van der Waals surface area contributed by atoms with Crippen molar-refractivity contribution in [2.75, 3.05) is 0 Å². The molecule has 0 amide bonds. The monoisotopic (exact) mass is 496 g/mol. The first kappa shape index (κ1) is 16.1. The fourth-order valence-corrected chi connectivity index (χ4v) is 15.2. The van der Waals surface area contributed by atoms with E-state index in [1.54, 1.807) is 0 Å². The first-order valence-electron chi connectivity index (χ1n) is 8.92. The summed E-state index contributed by atoms with van der Waals surface area (Å²) in [5.41, 5.74) is 8.94. The Hall–Kier alpha value is -1.06. The van der Waals surface area contributed by atoms with Gasteiger partial charge in [-0.15, -0.1) is 0 Å². The van der Waals surface area contributed by atoms with Crippen LogP contribution in [-0.2, 0) is 7.76 Å². The molecule has 2 heteroatoms. The van der Waals surface area contributed by atoms with Gasteiger partial charge >= 0.3 is 163 Å². The summed E-state index contributed by atoms with van der Waals surface area (Å²) in [6, 6.07) is 27.4. The molecule has 0 saturated carbocycles. The Bertz CT molecular complexity index is 894. The average molecular weight is 496 g/mol. The van der Waals surface area contributed by atoms with Gasteiger partial charge in [-0.2, -0.15) is 0 Å². The molecule has 124 valence electrons. The van der Waals surface area contributed by atoms with Crippen molar-refractivity contribution in [2.45, 2.75) is 22.6 Å². The SMILES string of the molecule is [CH3][Sn]([CH3])([CH3])[C]12c3ccccc3C(Br)(c3ccccc31)c1ccccc12. The van der Waals surface area contributed by atoms with E-state index in [1.807, 2.05) is 0 Å². The zero-order valence-corrected chi connectivity index (χ0v) is 19.2. The van der Waals surface area contributed by atoms with Crippen molar-refractivity contribution in [3.05, 3.63) is 106 Å². The molecule has 3 aromatic rings. The van der Waals surface area contributed by atoms with Crippen LogP contribution in [0.3, 0.4) is 0 Å². The molecular formula is C23H21BrSn. The van der Waals surface area contributed by atoms with Gasteiger partial charge < -0.3 is 0 Å². The second-order valence-corrected chi connectivity index (χ2v) is 24.5. The molecule has 0 aliphatic heterocycles. The summed E-state index contributed by atoms with van der Waals surface area (Å²) in [7, 11) is 0. The third-order valence-corrected chi connectivity index (χ3v) is 16.2. The number of halogens is 1. The topological polar surface area (TPSA) is 0 Å². The number of hydrogen-bond donors (Lipinski definition) is 0. The van der Waals surface area contributed by atoms with Crippen LogP contribution in [0.1, 0.15) is 33.4 Å². The normalized spacial score (nSPS) is 25.9. The van der Waals surface area contributed by atoms with Gasteiger partial charge in [0.1, 0.15) is 0 Å². The summed E-state index contributed by atoms with van der Waals surface area (Å²) in [5, 5.41) is 0. The fraction of sp³-hybridized carbons (Fsp3) is 0.217. The first-order chi connectivity index (χ1) is 11.9. The number of hydrogen-bond acceptors (Lipinski definition) is 0. The third kappa shape index (κ3) is 1.70. The van der Waals surface area contributed by atoms with Crippen molar-refractivity contribution in [3.8, 4) is 0 Å². The molecule has 0 saturated heterocycles. The van der Waals surface area contributed by atoms with Crippen LogP contribution in [0.15, 0.2) is 72.8 Å². The third-order valence-electron chi connectivity index (χ3n) is 6.23. The van der Waals surface area contributed by atoms with Gasteiger partial charge in [-0.05, 0) is 0 Å². The summed E-state index contributed by atoms with van der Waals surface area (Å²) in [5.74, 6) is 0. The summed E-state index contributed by atoms with van der Waals surface area (Å²) < 4.78 is -0.149. The van der Waals surface area contributed by atoms with E-state index in [0.717, 1.165) is 0 Å². The van der Waals surface area contributed by atoms with Crippen LogP contribution in [-0.4, -0.2) is 18.4 Å². The minimum absolute atomic E-state index is 0.0774. The molecule has 0 nitrogen and oxygen atoms in total. The molecule has 0 atom stereocenters. The van der Waals surface area contributed by atoms with Gasteiger partial charge in [0.25, 0.3) is 0 Å². The zero-order chi connectivity index (χ0) is 17.4. The molecule has 0 unspecified atom stereocenters. The van der Waals surface area contributed by atoms with E-state index < -0.39 is 18.4 Å². The molecule has 6 rings (SSSR count). The summed E-state index contributed by atoms with van der Waals surface area (Å²) >= 11 is 1.69. The van der Waals surface area contributed by atoms with Gasteiger partial charge in [0.05, 0.1) is 0 Å². The molecular weight excluding hydrogens is 475 g/mol. The molecule has 0 N–H and O–H groups in total. The number of benzene rings is 3. The van der Waals surface area contributed by atoms with Crippen LogP contribution in [0.2, 0.25) is 14.8 Å². The maximum absolute atomic E-state index is 4.24. The number of alkyl halides is 1. The van der Waals surface area contributed by atoms with Crippen LogP contribution >= 0.6 is 15.9 Å². The zero-order valence-electron chi connectivity index (χ0n) is 14.8. The van der Waals surface area contributed by atoms with Crippen molar-refractivity contribution >= 4 is 34.3 Å². The summed E-state index contributed by atoms with van der Waals surface area (Å²) in [6.45, 7) is 0. The number of rotatable bonds is 1. The second kappa shape index (κ2) is 5.01. The molecule has 0 heterocycles. The molecule has 25 heavy (non-hydrogen) atoms. The molecule has 2 bridgehead atoms. The van der Waals surface area contributed by atoms with Crippen LogP contribution in [0, 0.1) is 0 Å². The first-order valence-corrected chi connectivity index (χ1v) is 19.7. The summed E-state index contributed by atoms with van der Waals surface area (Å²) in [4.78, 5) is 7.77. The second-order valence-electron chi connectivity index (χ2n) is 8.30. The predicted octanol–water partition coefficient (Wildman–Crippen LogP) is 6.21. The van der Waals surface area contributed by atoms with Gasteiger partial charge in [-0.25, -0.2) is 0 Å². The predicted molar refractivity (Wildman–Crippen MR) is 111 cm³/mol. The van der Waals surface area contributed by atoms with Gasteiger partial charge in [-0.1, -0.05) is 0 Å². The van der Waals surface area contributed by atoms with E-state index in [0.29, 0.717) is 0 Å². The van der Waals surface area contributed by atoms with Crippen LogP contribution in [0.25, 0.3) is 0 Å². The Kier molecular flexibility index (Phi) is 3.23. The van der Waals surface area contributed by atoms with Crippen LogP contribution < -0.4 is 0 Å². The van der Waals surface area contributed by atoms with E-state index in [-0.39, 0.29) is 7.76 Å². The van der Waals surface area contributed by atoms with Gasteiger partial charge in [0, 0.05) is 0 Å². The average Bonchev–Trinajstić information content (AvgIpc) is 2.62. The Morgan fingerprint density at radius 3 is 1.12 bits per heavy atom. The van der Waals surface area contributed by atoms with E-state index in [9.17, 15) is 0 Å². The Labute approximate surface area is 162 Å². The fourth-order valence-electron chi connectivity index (χ4n) is 5.41. The Balaban J connectivity index is 2.09. The van der Waals surface area contributed by atoms with E-state index in [2.05, 4.69) is 104 Å². The molecule has 0 fully saturated rings. The Morgan fingerprint density at radius 1 is 0.560 bits per heavy atom. The standard InChI is InChI=1S/C20H12Br.3CH3.Sn/c21-20-16-10-4-1-7-13(16)19(14-8-2-5-11-17(14)20)15-9-3-6-12-18(15)20;;;;/h1-12H;3*1H3;. The van der Waals surface area contributed by atoms with Crippen molar-refractivity contribution in [2.24, 2.45) is 0 Å². The van der Waals surface area contributed by atoms with E-state index >= 15 is 0 Å². The van der Waals surface area contributed by atoms with E-state index in [1.165, 1.54) is 33.4 Å². The quantitative estimate of drug-likeness (QED) is 0.278. The van der Waals surface area contributed by atoms with Crippen LogP contribution in [0.4, 0.5) is 0 Å². The van der Waals surface area contributed by atoms with Gasteiger partial charge in [0.15, 0.2) is 0 Å². The minimum atomic E-state index is -2.56. The molecule has 0 aromatic heterocycles. The molecule has 0 spiro atoms. The van der Waals surface area contributed by atoms with Gasteiger partial charge in [0.2, 0.25) is 0 Å². The van der Waals surface area contributed by atoms with Gasteiger partial charge in [-0.3, -0.25) is 0 Å². The van der Waals surface area contributed by atoms with Crippen molar-refractivity contribution < 1.29 is 0 Å². The van der Waals surface area contributed by atoms with E-state index in [4.69, 9.17) is 0 Å². The molecule has 3 aliphatic rings. The van der Waals surface area contributed by atoms with Crippen LogP contribution in [0.5, 0.6) is 0 Å².